The number of carbonyl (C=O) groups is 2. The van der Waals surface area contributed by atoms with Crippen molar-refractivity contribution in [1.82, 2.24) is 24.8 Å². The first-order valence-corrected chi connectivity index (χ1v) is 10.1. The summed E-state index contributed by atoms with van der Waals surface area (Å²) in [6.45, 7) is 7.49. The molecule has 0 radical (unpaired) electrons. The van der Waals surface area contributed by atoms with Crippen LogP contribution >= 0.6 is 0 Å². The standard InChI is InChI=1S/C21H27N5O3/c1-21(2,3)29-20(28)25-13-9-15-8-12-24(14-18(15)25)19(27)16-6-4-5-7-17(16)26-22-10-11-23-26/h4-7,10-11,15,18H,8-9,12-14H2,1-3H3/t15-,18+/m0/s1. The van der Waals surface area contributed by atoms with Crippen molar-refractivity contribution < 1.29 is 14.3 Å². The van der Waals surface area contributed by atoms with Gasteiger partial charge in [-0.2, -0.15) is 15.0 Å². The zero-order valence-electron chi connectivity index (χ0n) is 17.1. The van der Waals surface area contributed by atoms with Gasteiger partial charge in [-0.1, -0.05) is 12.1 Å². The lowest BCUT2D eigenvalue weighted by Crippen LogP contribution is -2.52. The number of fused-ring (bicyclic) bond motifs is 1. The minimum atomic E-state index is -0.533. The zero-order chi connectivity index (χ0) is 20.6. The summed E-state index contributed by atoms with van der Waals surface area (Å²) in [7, 11) is 0. The summed E-state index contributed by atoms with van der Waals surface area (Å²) in [5.41, 5.74) is 0.679. The van der Waals surface area contributed by atoms with Crippen LogP contribution < -0.4 is 0 Å². The lowest BCUT2D eigenvalue weighted by atomic mass is 9.91. The van der Waals surface area contributed by atoms with Crippen molar-refractivity contribution in [2.75, 3.05) is 19.6 Å². The minimum absolute atomic E-state index is 0.00228. The van der Waals surface area contributed by atoms with E-state index in [0.29, 0.717) is 36.8 Å². The molecule has 3 heterocycles. The van der Waals surface area contributed by atoms with Crippen LogP contribution in [0.3, 0.4) is 0 Å². The molecule has 2 aliphatic rings. The Morgan fingerprint density at radius 3 is 2.48 bits per heavy atom. The number of hydrogen-bond acceptors (Lipinski definition) is 5. The van der Waals surface area contributed by atoms with E-state index in [1.807, 2.05) is 43.9 Å². The van der Waals surface area contributed by atoms with E-state index >= 15 is 0 Å². The second-order valence-corrected chi connectivity index (χ2v) is 8.67. The first kappa shape index (κ1) is 19.4. The number of ether oxygens (including phenoxy) is 1. The van der Waals surface area contributed by atoms with E-state index in [1.165, 1.54) is 4.80 Å². The maximum absolute atomic E-state index is 13.3. The van der Waals surface area contributed by atoms with Gasteiger partial charge in [-0.25, -0.2) is 4.79 Å². The summed E-state index contributed by atoms with van der Waals surface area (Å²) in [6, 6.07) is 7.34. The van der Waals surface area contributed by atoms with Gasteiger partial charge in [-0.05, 0) is 51.7 Å². The maximum atomic E-state index is 13.3. The predicted molar refractivity (Wildman–Crippen MR) is 107 cm³/mol. The normalized spacial score (nSPS) is 21.8. The SMILES string of the molecule is CC(C)(C)OC(=O)N1CC[C@@H]2CCN(C(=O)c3ccccc3-n3nccn3)C[C@H]21. The number of benzene rings is 1. The van der Waals surface area contributed by atoms with Gasteiger partial charge in [-0.15, -0.1) is 0 Å². The largest absolute Gasteiger partial charge is 0.444 e. The lowest BCUT2D eigenvalue weighted by molar-refractivity contribution is 0.0122. The molecule has 2 atom stereocenters. The molecule has 0 bridgehead atoms. The van der Waals surface area contributed by atoms with Crippen molar-refractivity contribution in [2.45, 2.75) is 45.3 Å². The van der Waals surface area contributed by atoms with Crippen molar-refractivity contribution in [1.29, 1.82) is 0 Å². The van der Waals surface area contributed by atoms with Crippen LogP contribution in [0.4, 0.5) is 4.79 Å². The van der Waals surface area contributed by atoms with Crippen molar-refractivity contribution in [3.63, 3.8) is 0 Å². The van der Waals surface area contributed by atoms with Crippen molar-refractivity contribution in [3.05, 3.63) is 42.2 Å². The third-order valence-corrected chi connectivity index (χ3v) is 5.55. The van der Waals surface area contributed by atoms with Gasteiger partial charge in [0.2, 0.25) is 0 Å². The van der Waals surface area contributed by atoms with Crippen LogP contribution in [0.15, 0.2) is 36.7 Å². The molecule has 2 amide bonds. The van der Waals surface area contributed by atoms with E-state index in [0.717, 1.165) is 12.8 Å². The Kier molecular flexibility index (Phi) is 5.02. The molecule has 2 aliphatic heterocycles. The molecule has 0 saturated carbocycles. The van der Waals surface area contributed by atoms with Gasteiger partial charge in [0.1, 0.15) is 5.60 Å². The van der Waals surface area contributed by atoms with Crippen molar-refractivity contribution in [3.8, 4) is 5.69 Å². The Balaban J connectivity index is 1.53. The number of hydrogen-bond donors (Lipinski definition) is 0. The van der Waals surface area contributed by atoms with Crippen LogP contribution in [-0.2, 0) is 4.74 Å². The topological polar surface area (TPSA) is 80.6 Å². The van der Waals surface area contributed by atoms with E-state index in [-0.39, 0.29) is 18.0 Å². The molecule has 8 heteroatoms. The van der Waals surface area contributed by atoms with E-state index in [2.05, 4.69) is 10.2 Å². The number of para-hydroxylation sites is 1. The van der Waals surface area contributed by atoms with Gasteiger partial charge >= 0.3 is 6.09 Å². The molecule has 0 N–H and O–H groups in total. The van der Waals surface area contributed by atoms with Gasteiger partial charge in [0.15, 0.2) is 0 Å². The number of piperidine rings is 1. The van der Waals surface area contributed by atoms with Gasteiger partial charge in [0.05, 0.1) is 29.7 Å². The molecule has 1 aromatic heterocycles. The average molecular weight is 397 g/mol. The fraction of sp³-hybridized carbons (Fsp3) is 0.524. The van der Waals surface area contributed by atoms with Gasteiger partial charge in [0.25, 0.3) is 5.91 Å². The Morgan fingerprint density at radius 2 is 1.76 bits per heavy atom. The van der Waals surface area contributed by atoms with Gasteiger partial charge < -0.3 is 14.5 Å². The molecule has 0 unspecified atom stereocenters. The van der Waals surface area contributed by atoms with E-state index < -0.39 is 5.60 Å². The summed E-state index contributed by atoms with van der Waals surface area (Å²) in [6.07, 6.45) is 4.73. The quantitative estimate of drug-likeness (QED) is 0.778. The van der Waals surface area contributed by atoms with Crippen LogP contribution in [0.25, 0.3) is 5.69 Å². The fourth-order valence-electron chi connectivity index (χ4n) is 4.21. The van der Waals surface area contributed by atoms with E-state index in [9.17, 15) is 9.59 Å². The van der Waals surface area contributed by atoms with E-state index in [1.54, 1.807) is 23.4 Å². The third kappa shape index (κ3) is 3.97. The van der Waals surface area contributed by atoms with E-state index in [4.69, 9.17) is 4.74 Å². The highest BCUT2D eigenvalue weighted by Gasteiger charge is 2.43. The highest BCUT2D eigenvalue weighted by Crippen LogP contribution is 2.33. The first-order valence-electron chi connectivity index (χ1n) is 10.1. The molecule has 1 aromatic carbocycles. The Hall–Kier alpha value is -2.90. The van der Waals surface area contributed by atoms with Crippen LogP contribution in [0, 0.1) is 5.92 Å². The summed E-state index contributed by atoms with van der Waals surface area (Å²) in [4.78, 5) is 31.1. The Morgan fingerprint density at radius 1 is 1.07 bits per heavy atom. The smallest absolute Gasteiger partial charge is 0.410 e. The minimum Gasteiger partial charge on any atom is -0.444 e. The third-order valence-electron chi connectivity index (χ3n) is 5.55. The molecule has 154 valence electrons. The summed E-state index contributed by atoms with van der Waals surface area (Å²) in [5, 5.41) is 8.33. The van der Waals surface area contributed by atoms with Gasteiger partial charge in [-0.3, -0.25) is 4.79 Å². The molecular weight excluding hydrogens is 370 g/mol. The summed E-state index contributed by atoms with van der Waals surface area (Å²) < 4.78 is 5.58. The Bertz CT molecular complexity index is 890. The molecule has 2 aromatic rings. The first-order chi connectivity index (χ1) is 13.8. The van der Waals surface area contributed by atoms with Crippen LogP contribution in [0.1, 0.15) is 44.0 Å². The molecule has 8 nitrogen and oxygen atoms in total. The van der Waals surface area contributed by atoms with Crippen LogP contribution in [0.2, 0.25) is 0 Å². The number of nitrogens with zero attached hydrogens (tertiary/aromatic N) is 5. The number of likely N-dealkylation sites (tertiary alicyclic amines) is 2. The molecule has 4 rings (SSSR count). The Labute approximate surface area is 170 Å². The molecule has 0 spiro atoms. The zero-order valence-corrected chi connectivity index (χ0v) is 17.1. The highest BCUT2D eigenvalue weighted by atomic mass is 16.6. The maximum Gasteiger partial charge on any atom is 0.410 e. The number of aromatic nitrogens is 3. The second kappa shape index (κ2) is 7.50. The summed E-state index contributed by atoms with van der Waals surface area (Å²) >= 11 is 0. The fourth-order valence-corrected chi connectivity index (χ4v) is 4.21. The van der Waals surface area contributed by atoms with Crippen molar-refractivity contribution >= 4 is 12.0 Å². The summed E-state index contributed by atoms with van der Waals surface area (Å²) in [5.74, 6) is 0.349. The van der Waals surface area contributed by atoms with Gasteiger partial charge in [0, 0.05) is 19.6 Å². The molecule has 0 aliphatic carbocycles. The second-order valence-electron chi connectivity index (χ2n) is 8.67. The van der Waals surface area contributed by atoms with Crippen molar-refractivity contribution in [2.24, 2.45) is 5.92 Å². The number of amides is 2. The highest BCUT2D eigenvalue weighted by molar-refractivity contribution is 5.97. The molecular formula is C21H27N5O3. The molecule has 2 fully saturated rings. The monoisotopic (exact) mass is 397 g/mol. The molecule has 29 heavy (non-hydrogen) atoms. The number of rotatable bonds is 2. The predicted octanol–water partition coefficient (Wildman–Crippen LogP) is 2.74. The average Bonchev–Trinajstić information content (AvgIpc) is 3.35. The number of carbonyl (C=O) groups excluding carboxylic acids is 2. The van der Waals surface area contributed by atoms with Crippen LogP contribution in [-0.4, -0.2) is 68.1 Å². The lowest BCUT2D eigenvalue weighted by Gasteiger charge is -2.38. The molecule has 2 saturated heterocycles. The van der Waals surface area contributed by atoms with Crippen LogP contribution in [0.5, 0.6) is 0 Å².